The number of aromatic nitrogens is 1. The van der Waals surface area contributed by atoms with Gasteiger partial charge in [0.25, 0.3) is 5.91 Å². The fourth-order valence-corrected chi connectivity index (χ4v) is 2.17. The van der Waals surface area contributed by atoms with Gasteiger partial charge in [0.05, 0.1) is 5.56 Å². The Kier molecular flexibility index (Phi) is 3.51. The monoisotopic (exact) mass is 312 g/mol. The maximum Gasteiger partial charge on any atom is 0.258 e. The molecule has 0 bridgehead atoms. The lowest BCUT2D eigenvalue weighted by molar-refractivity contribution is -0.127. The predicted octanol–water partition coefficient (Wildman–Crippen LogP) is 0.387. The van der Waals surface area contributed by atoms with Gasteiger partial charge in [-0.1, -0.05) is 0 Å². The molecule has 18 heavy (non-hydrogen) atoms. The van der Waals surface area contributed by atoms with Crippen molar-refractivity contribution in [1.82, 2.24) is 15.2 Å². The number of nitrogens with two attached hydrogens (primary N) is 1. The Balaban J connectivity index is 2.30. The summed E-state index contributed by atoms with van der Waals surface area (Å²) in [5.74, 6) is -0.263. The van der Waals surface area contributed by atoms with E-state index in [0.717, 1.165) is 0 Å². The summed E-state index contributed by atoms with van der Waals surface area (Å²) in [5.41, 5.74) is 6.01. The molecule has 96 valence electrons. The van der Waals surface area contributed by atoms with Gasteiger partial charge < -0.3 is 16.0 Å². The molecule has 2 rings (SSSR count). The maximum atomic E-state index is 12.3. The molecule has 0 aromatic carbocycles. The second kappa shape index (κ2) is 4.93. The van der Waals surface area contributed by atoms with Crippen LogP contribution in [0.4, 0.5) is 5.82 Å². The van der Waals surface area contributed by atoms with Gasteiger partial charge in [-0.05, 0) is 28.9 Å². The number of carbonyl (C=O) groups is 2. The van der Waals surface area contributed by atoms with Crippen molar-refractivity contribution in [2.45, 2.75) is 13.0 Å². The summed E-state index contributed by atoms with van der Waals surface area (Å²) in [7, 11) is 0. The Labute approximate surface area is 113 Å². The van der Waals surface area contributed by atoms with Gasteiger partial charge in [0.1, 0.15) is 11.9 Å². The second-order valence-electron chi connectivity index (χ2n) is 4.05. The van der Waals surface area contributed by atoms with E-state index in [1.54, 1.807) is 13.0 Å². The fourth-order valence-electron chi connectivity index (χ4n) is 1.84. The number of nitrogens with one attached hydrogen (secondary N) is 1. The van der Waals surface area contributed by atoms with Crippen LogP contribution < -0.4 is 11.1 Å². The molecule has 1 fully saturated rings. The van der Waals surface area contributed by atoms with Crippen molar-refractivity contribution in [2.75, 3.05) is 18.8 Å². The quantitative estimate of drug-likeness (QED) is 0.785. The largest absolute Gasteiger partial charge is 0.383 e. The third kappa shape index (κ3) is 2.31. The molecular formula is C11H13BrN4O2. The molecule has 1 aromatic heterocycles. The van der Waals surface area contributed by atoms with E-state index in [9.17, 15) is 9.59 Å². The minimum atomic E-state index is -0.496. The van der Waals surface area contributed by atoms with Crippen LogP contribution in [0.2, 0.25) is 0 Å². The van der Waals surface area contributed by atoms with Crippen molar-refractivity contribution >= 4 is 33.6 Å². The number of nitrogens with zero attached hydrogens (tertiary/aromatic N) is 2. The van der Waals surface area contributed by atoms with Crippen LogP contribution in [0.15, 0.2) is 16.7 Å². The predicted molar refractivity (Wildman–Crippen MR) is 69.9 cm³/mol. The molecule has 3 N–H and O–H groups in total. The van der Waals surface area contributed by atoms with Crippen molar-refractivity contribution in [1.29, 1.82) is 0 Å². The molecule has 1 unspecified atom stereocenters. The molecule has 0 saturated carbocycles. The second-order valence-corrected chi connectivity index (χ2v) is 4.97. The summed E-state index contributed by atoms with van der Waals surface area (Å²) in [6, 6.07) is 1.12. The number of rotatable bonds is 1. The van der Waals surface area contributed by atoms with Crippen LogP contribution in [0, 0.1) is 0 Å². The van der Waals surface area contributed by atoms with Gasteiger partial charge >= 0.3 is 0 Å². The number of pyridine rings is 1. The van der Waals surface area contributed by atoms with Gasteiger partial charge in [-0.15, -0.1) is 0 Å². The number of amides is 2. The van der Waals surface area contributed by atoms with Crippen LogP contribution in [-0.2, 0) is 4.79 Å². The van der Waals surface area contributed by atoms with Crippen molar-refractivity contribution in [2.24, 2.45) is 0 Å². The van der Waals surface area contributed by atoms with Gasteiger partial charge in [0, 0.05) is 23.8 Å². The summed E-state index contributed by atoms with van der Waals surface area (Å²) in [4.78, 5) is 29.3. The Bertz CT molecular complexity index is 506. The average molecular weight is 313 g/mol. The van der Waals surface area contributed by atoms with E-state index in [2.05, 4.69) is 26.2 Å². The number of hydrogen-bond donors (Lipinski definition) is 2. The molecule has 1 atom stereocenters. The van der Waals surface area contributed by atoms with Crippen molar-refractivity contribution in [3.05, 3.63) is 22.3 Å². The van der Waals surface area contributed by atoms with Crippen LogP contribution in [0.25, 0.3) is 0 Å². The number of anilines is 1. The smallest absolute Gasteiger partial charge is 0.258 e. The molecule has 2 amide bonds. The normalized spacial score (nSPS) is 19.6. The first-order chi connectivity index (χ1) is 8.50. The van der Waals surface area contributed by atoms with Crippen LogP contribution in [0.1, 0.15) is 17.3 Å². The highest BCUT2D eigenvalue weighted by Crippen LogP contribution is 2.19. The molecule has 1 aliphatic heterocycles. The molecule has 7 heteroatoms. The Morgan fingerprint density at radius 3 is 3.11 bits per heavy atom. The van der Waals surface area contributed by atoms with Crippen LogP contribution in [-0.4, -0.2) is 40.8 Å². The molecule has 0 aliphatic carbocycles. The van der Waals surface area contributed by atoms with Gasteiger partial charge in [-0.25, -0.2) is 4.98 Å². The maximum absolute atomic E-state index is 12.3. The summed E-state index contributed by atoms with van der Waals surface area (Å²) < 4.78 is 0.675. The minimum absolute atomic E-state index is 0.156. The first-order valence-electron chi connectivity index (χ1n) is 5.50. The summed E-state index contributed by atoms with van der Waals surface area (Å²) in [6.45, 7) is 2.61. The molecular weight excluding hydrogens is 300 g/mol. The van der Waals surface area contributed by atoms with Gasteiger partial charge in [0.15, 0.2) is 0 Å². The number of hydrogen-bond acceptors (Lipinski definition) is 4. The molecule has 0 radical (unpaired) electrons. The highest BCUT2D eigenvalue weighted by Gasteiger charge is 2.30. The summed E-state index contributed by atoms with van der Waals surface area (Å²) in [5, 5.41) is 2.71. The fraction of sp³-hybridized carbons (Fsp3) is 0.364. The van der Waals surface area contributed by atoms with Crippen LogP contribution >= 0.6 is 15.9 Å². The van der Waals surface area contributed by atoms with Crippen molar-refractivity contribution in [3.8, 4) is 0 Å². The summed E-state index contributed by atoms with van der Waals surface area (Å²) in [6.07, 6.45) is 1.53. The highest BCUT2D eigenvalue weighted by atomic mass is 79.9. The summed E-state index contributed by atoms with van der Waals surface area (Å²) >= 11 is 3.25. The van der Waals surface area contributed by atoms with Crippen molar-refractivity contribution in [3.63, 3.8) is 0 Å². The molecule has 1 aromatic rings. The third-order valence-corrected chi connectivity index (χ3v) is 3.31. The zero-order chi connectivity index (χ0) is 13.3. The van der Waals surface area contributed by atoms with Crippen LogP contribution in [0.3, 0.4) is 0 Å². The third-order valence-electron chi connectivity index (χ3n) is 2.88. The average Bonchev–Trinajstić information content (AvgIpc) is 2.35. The van der Waals surface area contributed by atoms with E-state index in [4.69, 9.17) is 5.73 Å². The molecule has 6 nitrogen and oxygen atoms in total. The molecule has 1 saturated heterocycles. The molecule has 2 heterocycles. The van der Waals surface area contributed by atoms with Gasteiger partial charge in [-0.2, -0.15) is 0 Å². The number of carbonyl (C=O) groups excluding carboxylic acids is 2. The van der Waals surface area contributed by atoms with Gasteiger partial charge in [0.2, 0.25) is 5.91 Å². The zero-order valence-corrected chi connectivity index (χ0v) is 11.4. The minimum Gasteiger partial charge on any atom is -0.383 e. The lowest BCUT2D eigenvalue weighted by atomic mass is 10.1. The first-order valence-corrected chi connectivity index (χ1v) is 6.29. The lowest BCUT2D eigenvalue weighted by Gasteiger charge is -2.33. The van der Waals surface area contributed by atoms with E-state index in [0.29, 0.717) is 23.1 Å². The standard InChI is InChI=1S/C11H13BrN4O2/c1-6-10(17)14-2-3-16(6)11(18)8-4-7(12)5-15-9(8)13/h4-6H,2-3H2,1H3,(H2,13,15)(H,14,17). The van der Waals surface area contributed by atoms with Crippen molar-refractivity contribution < 1.29 is 9.59 Å². The Morgan fingerprint density at radius 2 is 2.39 bits per heavy atom. The van der Waals surface area contributed by atoms with E-state index in [1.165, 1.54) is 11.1 Å². The Hall–Kier alpha value is -1.63. The Morgan fingerprint density at radius 1 is 1.67 bits per heavy atom. The van der Waals surface area contributed by atoms with E-state index >= 15 is 0 Å². The molecule has 1 aliphatic rings. The van der Waals surface area contributed by atoms with Gasteiger partial charge in [-0.3, -0.25) is 9.59 Å². The van der Waals surface area contributed by atoms with Crippen LogP contribution in [0.5, 0.6) is 0 Å². The number of piperazine rings is 1. The van der Waals surface area contributed by atoms with E-state index < -0.39 is 6.04 Å². The SMILES string of the molecule is CC1C(=O)NCCN1C(=O)c1cc(Br)cnc1N. The highest BCUT2D eigenvalue weighted by molar-refractivity contribution is 9.10. The molecule has 0 spiro atoms. The zero-order valence-electron chi connectivity index (χ0n) is 9.81. The first kappa shape index (κ1) is 12.8. The topological polar surface area (TPSA) is 88.3 Å². The number of nitrogen functional groups attached to an aromatic ring is 1. The van der Waals surface area contributed by atoms with E-state index in [-0.39, 0.29) is 17.6 Å². The number of halogens is 1. The lowest BCUT2D eigenvalue weighted by Crippen LogP contribution is -2.55. The van der Waals surface area contributed by atoms with E-state index in [1.807, 2.05) is 0 Å².